The highest BCUT2D eigenvalue weighted by Crippen LogP contribution is 2.57. The van der Waals surface area contributed by atoms with Crippen molar-refractivity contribution in [3.8, 4) is 11.1 Å². The second kappa shape index (κ2) is 9.18. The Hall–Kier alpha value is -2.08. The topological polar surface area (TPSA) is 52.0 Å². The first kappa shape index (κ1) is 23.7. The van der Waals surface area contributed by atoms with Gasteiger partial charge in [0.15, 0.2) is 0 Å². The summed E-state index contributed by atoms with van der Waals surface area (Å²) in [6.07, 6.45) is 0. The van der Waals surface area contributed by atoms with Gasteiger partial charge in [0.2, 0.25) is 0 Å². The Morgan fingerprint density at radius 3 is 1.50 bits per heavy atom. The summed E-state index contributed by atoms with van der Waals surface area (Å²) < 4.78 is 0. The minimum atomic E-state index is -0.482. The van der Waals surface area contributed by atoms with Crippen molar-refractivity contribution in [3.63, 3.8) is 0 Å². The maximum Gasteiger partial charge on any atom is 0.0714 e. The minimum absolute atomic E-state index is 0.482. The number of fused-ring (bicyclic) bond motifs is 3. The zero-order chi connectivity index (χ0) is 24.0. The van der Waals surface area contributed by atoms with Gasteiger partial charge in [0.1, 0.15) is 0 Å². The molecule has 172 valence electrons. The number of hydrogen-bond donors (Lipinski definition) is 2. The molecule has 0 saturated carbocycles. The van der Waals surface area contributed by atoms with E-state index in [2.05, 4.69) is 128 Å². The van der Waals surface area contributed by atoms with E-state index >= 15 is 0 Å². The normalized spacial score (nSPS) is 13.5. The van der Waals surface area contributed by atoms with Crippen LogP contribution in [-0.2, 0) is 21.4 Å². The van der Waals surface area contributed by atoms with Gasteiger partial charge in [0, 0.05) is 27.4 Å². The summed E-state index contributed by atoms with van der Waals surface area (Å²) in [5.74, 6) is 0. The average Bonchev–Trinajstić information content (AvgIpc) is 3.17. The summed E-state index contributed by atoms with van der Waals surface area (Å²) in [7, 11) is 0. The fraction of sp³-hybridized carbons (Fsp3) is 0.172. The van der Waals surface area contributed by atoms with Crippen LogP contribution in [0.4, 0.5) is 11.4 Å². The van der Waals surface area contributed by atoms with E-state index in [1.165, 1.54) is 33.4 Å². The third kappa shape index (κ3) is 3.39. The third-order valence-electron chi connectivity index (χ3n) is 7.07. The molecule has 1 aliphatic rings. The molecule has 0 spiro atoms. The molecule has 5 heteroatoms. The molecule has 0 heterocycles. The maximum absolute atomic E-state index is 6.55. The van der Waals surface area contributed by atoms with Crippen LogP contribution in [0.3, 0.4) is 0 Å². The monoisotopic (exact) mass is 638 g/mol. The number of alkyl halides is 3. The molecule has 4 aromatic carbocycles. The van der Waals surface area contributed by atoms with E-state index in [9.17, 15) is 0 Å². The van der Waals surface area contributed by atoms with Crippen LogP contribution in [0.15, 0.2) is 72.8 Å². The minimum Gasteiger partial charge on any atom is -0.398 e. The van der Waals surface area contributed by atoms with E-state index in [1.54, 1.807) is 0 Å². The molecule has 0 atom stereocenters. The zero-order valence-corrected chi connectivity index (χ0v) is 23.6. The summed E-state index contributed by atoms with van der Waals surface area (Å²) in [5, 5.41) is 2.09. The van der Waals surface area contributed by atoms with Crippen molar-refractivity contribution >= 4 is 59.2 Å². The number of nitrogens with two attached hydrogens (primary N) is 2. The van der Waals surface area contributed by atoms with E-state index in [4.69, 9.17) is 11.5 Å². The van der Waals surface area contributed by atoms with E-state index < -0.39 is 5.41 Å². The molecular weight excluding hydrogens is 616 g/mol. The number of aryl methyl sites for hydroxylation is 1. The van der Waals surface area contributed by atoms with Gasteiger partial charge in [-0.05, 0) is 62.6 Å². The van der Waals surface area contributed by atoms with Gasteiger partial charge in [0.05, 0.1) is 5.41 Å². The number of anilines is 2. The number of rotatable bonds is 5. The molecule has 0 saturated heterocycles. The largest absolute Gasteiger partial charge is 0.398 e. The molecule has 0 unspecified atom stereocenters. The van der Waals surface area contributed by atoms with Crippen molar-refractivity contribution in [1.29, 1.82) is 0 Å². The molecule has 0 bridgehead atoms. The van der Waals surface area contributed by atoms with Crippen LogP contribution in [0.5, 0.6) is 0 Å². The highest BCUT2D eigenvalue weighted by molar-refractivity contribution is 9.09. The predicted octanol–water partition coefficient (Wildman–Crippen LogP) is 8.21. The molecule has 0 aliphatic heterocycles. The Morgan fingerprint density at radius 2 is 1.03 bits per heavy atom. The standard InChI is InChI=1S/C29H25Br3N2/c1-17-10-21(11-18(14-30)27(17)33)29(22-12-19(15-31)28(34)20(13-22)16-32)25-8-4-2-6-23(25)24-7-3-5-9-26(24)29/h2-13H,14-16,33-34H2,1H3. The highest BCUT2D eigenvalue weighted by atomic mass is 79.9. The van der Waals surface area contributed by atoms with E-state index in [1.807, 2.05) is 0 Å². The molecule has 4 N–H and O–H groups in total. The maximum atomic E-state index is 6.55. The number of hydrogen-bond acceptors (Lipinski definition) is 2. The van der Waals surface area contributed by atoms with Crippen molar-refractivity contribution in [2.24, 2.45) is 0 Å². The molecule has 1 aliphatic carbocycles. The van der Waals surface area contributed by atoms with Gasteiger partial charge in [-0.25, -0.2) is 0 Å². The quantitative estimate of drug-likeness (QED) is 0.150. The Labute approximate surface area is 226 Å². The van der Waals surface area contributed by atoms with Gasteiger partial charge in [-0.2, -0.15) is 0 Å². The molecule has 0 amide bonds. The molecule has 0 aromatic heterocycles. The fourth-order valence-corrected chi connectivity index (χ4v) is 6.83. The first-order chi connectivity index (χ1) is 16.5. The summed E-state index contributed by atoms with van der Waals surface area (Å²) in [5.41, 5.74) is 26.2. The van der Waals surface area contributed by atoms with Crippen molar-refractivity contribution in [1.82, 2.24) is 0 Å². The average molecular weight is 641 g/mol. The number of nitrogen functional groups attached to an aromatic ring is 2. The van der Waals surface area contributed by atoms with Crippen molar-refractivity contribution < 1.29 is 0 Å². The summed E-state index contributed by atoms with van der Waals surface area (Å²) >= 11 is 11.0. The summed E-state index contributed by atoms with van der Waals surface area (Å²) in [6.45, 7) is 2.10. The van der Waals surface area contributed by atoms with Crippen LogP contribution in [-0.4, -0.2) is 0 Å². The van der Waals surface area contributed by atoms with E-state index in [-0.39, 0.29) is 0 Å². The summed E-state index contributed by atoms with van der Waals surface area (Å²) in [6, 6.07) is 26.6. The van der Waals surface area contributed by atoms with Gasteiger partial charge in [0.25, 0.3) is 0 Å². The first-order valence-corrected chi connectivity index (χ1v) is 14.5. The van der Waals surface area contributed by atoms with E-state index in [0.717, 1.165) is 33.6 Å². The van der Waals surface area contributed by atoms with Crippen LogP contribution in [0.25, 0.3) is 11.1 Å². The van der Waals surface area contributed by atoms with Gasteiger partial charge in [-0.1, -0.05) is 121 Å². The Morgan fingerprint density at radius 1 is 0.618 bits per heavy atom. The lowest BCUT2D eigenvalue weighted by Crippen LogP contribution is -2.29. The molecule has 5 rings (SSSR count). The predicted molar refractivity (Wildman–Crippen MR) is 155 cm³/mol. The van der Waals surface area contributed by atoms with Crippen LogP contribution in [0, 0.1) is 6.92 Å². The third-order valence-corrected chi connectivity index (χ3v) is 8.89. The van der Waals surface area contributed by atoms with Gasteiger partial charge in [-0.15, -0.1) is 0 Å². The summed E-state index contributed by atoms with van der Waals surface area (Å²) in [4.78, 5) is 0. The van der Waals surface area contributed by atoms with Crippen molar-refractivity contribution in [2.75, 3.05) is 11.5 Å². The van der Waals surface area contributed by atoms with Crippen molar-refractivity contribution in [3.05, 3.63) is 117 Å². The van der Waals surface area contributed by atoms with Gasteiger partial charge in [-0.3, -0.25) is 0 Å². The lowest BCUT2D eigenvalue weighted by Gasteiger charge is -2.35. The van der Waals surface area contributed by atoms with Crippen LogP contribution < -0.4 is 11.5 Å². The highest BCUT2D eigenvalue weighted by Gasteiger charge is 2.46. The molecule has 0 fully saturated rings. The van der Waals surface area contributed by atoms with Gasteiger partial charge < -0.3 is 11.5 Å². The van der Waals surface area contributed by atoms with E-state index in [0.29, 0.717) is 16.0 Å². The molecule has 2 nitrogen and oxygen atoms in total. The molecular formula is C29H25Br3N2. The van der Waals surface area contributed by atoms with Crippen LogP contribution >= 0.6 is 47.8 Å². The Bertz CT molecular complexity index is 1340. The Kier molecular flexibility index (Phi) is 6.38. The Balaban J connectivity index is 1.99. The van der Waals surface area contributed by atoms with Crippen LogP contribution in [0.2, 0.25) is 0 Å². The first-order valence-electron chi connectivity index (χ1n) is 11.2. The second-order valence-electron chi connectivity index (χ2n) is 8.82. The lowest BCUT2D eigenvalue weighted by molar-refractivity contribution is 0.764. The zero-order valence-electron chi connectivity index (χ0n) is 18.8. The smallest absolute Gasteiger partial charge is 0.0714 e. The fourth-order valence-electron chi connectivity index (χ4n) is 5.44. The molecule has 34 heavy (non-hydrogen) atoms. The van der Waals surface area contributed by atoms with Crippen molar-refractivity contribution in [2.45, 2.75) is 28.3 Å². The second-order valence-corrected chi connectivity index (χ2v) is 10.5. The number of benzene rings is 4. The van der Waals surface area contributed by atoms with Crippen LogP contribution in [0.1, 0.15) is 44.5 Å². The molecule has 4 aromatic rings. The number of halogens is 3. The lowest BCUT2D eigenvalue weighted by atomic mass is 9.66. The van der Waals surface area contributed by atoms with Gasteiger partial charge >= 0.3 is 0 Å². The SMILES string of the molecule is Cc1cc(C2(c3cc(CBr)c(N)c(CBr)c3)c3ccccc3-c3ccccc32)cc(CBr)c1N. The molecule has 0 radical (unpaired) electrons.